The second-order valence-electron chi connectivity index (χ2n) is 31.5. The minimum Gasteiger partial charge on any atom is -0.480 e. The summed E-state index contributed by atoms with van der Waals surface area (Å²) < 4.78 is 76.9. The van der Waals surface area contributed by atoms with E-state index in [9.17, 15) is 104 Å². The Balaban J connectivity index is 0.000000375. The molecule has 29 atom stereocenters. The topological polar surface area (TPSA) is 617 Å². The number of H-pyrrole nitrogens is 2. The lowest BCUT2D eigenvalue weighted by Crippen LogP contribution is -2.59. The molecule has 0 bridgehead atoms. The number of carboxylic acid groups (broad SMARTS) is 2. The fraction of sp³-hybridized carbons (Fsp3) is 0.773. The third-order valence-electron chi connectivity index (χ3n) is 22.4. The lowest BCUT2D eigenvalue weighted by Gasteiger charge is -2.43. The SMILES string of the molecule is CN1C(=O)[C@H]([C@H](OC2OC(CN)C(O)C2O)C2OC(n3ccc(=O)[nH]c3=O)C(O)C2O)N(C)CC=C1C(=O)O.COC1C(C)OC(OC(=O)CC(C)CC(=O)OC(CCCCCCCCCCC(C)C)CC(=O)O[C@H]2CN(C)[C@@H]([C@H](OC3OC(CN)C(O)C3O)C3OC(n4ccc(=O)[nH]c4=O)C(O)C3O)C(=O)N(C)[C@@H]2C(=O)O)C(OC)C1OC. The van der Waals surface area contributed by atoms with Crippen molar-refractivity contribution in [2.45, 2.75) is 283 Å². The summed E-state index contributed by atoms with van der Waals surface area (Å²) in [6, 6.07) is -2.99. The molecule has 2 aromatic rings. The van der Waals surface area contributed by atoms with Gasteiger partial charge in [-0.2, -0.15) is 0 Å². The van der Waals surface area contributed by atoms with Gasteiger partial charge >= 0.3 is 41.2 Å². The summed E-state index contributed by atoms with van der Waals surface area (Å²) in [5, 5.41) is 107. The number of hydrogen-bond acceptors (Lipinski definition) is 36. The molecular weight excluding hydrogens is 1580 g/mol. The number of rotatable bonds is 37. The molecule has 2 aromatic heterocycles. The van der Waals surface area contributed by atoms with Gasteiger partial charge in [0.05, 0.1) is 12.5 Å². The number of likely N-dealkylation sites (N-methyl/N-ethyl adjacent to an activating group) is 4. The van der Waals surface area contributed by atoms with Crippen LogP contribution in [-0.2, 0) is 95.1 Å². The number of aliphatic carboxylic acids is 2. The van der Waals surface area contributed by atoms with Crippen LogP contribution in [0.4, 0.5) is 0 Å². The number of carboxylic acids is 2. The van der Waals surface area contributed by atoms with Gasteiger partial charge in [0.2, 0.25) is 18.1 Å². The number of nitrogens with zero attached hydrogens (tertiary/aromatic N) is 6. The van der Waals surface area contributed by atoms with Gasteiger partial charge in [-0.3, -0.25) is 62.5 Å². The van der Waals surface area contributed by atoms with Gasteiger partial charge < -0.3 is 134 Å². The number of amides is 2. The number of aromatic nitrogens is 4. The van der Waals surface area contributed by atoms with Gasteiger partial charge in [-0.25, -0.2) is 19.2 Å². The highest BCUT2D eigenvalue weighted by Crippen LogP contribution is 2.40. The summed E-state index contributed by atoms with van der Waals surface area (Å²) in [4.78, 5) is 151. The van der Waals surface area contributed by atoms with Gasteiger partial charge in [0.1, 0.15) is 134 Å². The molecule has 6 saturated heterocycles. The monoisotopic (exact) mass is 1700 g/mol. The zero-order chi connectivity index (χ0) is 87.9. The van der Waals surface area contributed by atoms with E-state index in [-0.39, 0.29) is 44.6 Å². The number of carbonyl (C=O) groups excluding carboxylic acids is 5. The van der Waals surface area contributed by atoms with Crippen molar-refractivity contribution in [3.05, 3.63) is 78.0 Å². The lowest BCUT2D eigenvalue weighted by atomic mass is 9.97. The van der Waals surface area contributed by atoms with Crippen molar-refractivity contribution in [1.29, 1.82) is 0 Å². The second-order valence-corrected chi connectivity index (χ2v) is 31.5. The van der Waals surface area contributed by atoms with E-state index in [0.29, 0.717) is 12.3 Å². The molecule has 0 aromatic carbocycles. The van der Waals surface area contributed by atoms with Crippen LogP contribution in [0.15, 0.2) is 55.5 Å². The van der Waals surface area contributed by atoms with E-state index in [2.05, 4.69) is 13.8 Å². The largest absolute Gasteiger partial charge is 0.480 e. The summed E-state index contributed by atoms with van der Waals surface area (Å²) in [7, 11) is 9.57. The van der Waals surface area contributed by atoms with Gasteiger partial charge in [0, 0.05) is 99.0 Å². The standard InChI is InChI=1S/C53H87N5O22.C22H31N5O12/c1-27(2)18-16-14-12-10-11-13-15-17-19-30(75-34(60)22-28(3)23-35(61)78-52-47(73-9)46(72-8)43(71-7)29(4)74-52)24-36(62)76-32-26-56(5)38(48(67)57(6)37(32)50(68)69)44(80-51-42(66)39(63)31(25-54)77-51)45-40(64)41(65)49(79-45)58-21-20-33(59)55-53(58)70;1-25-5-3-8(20(34)35)26(2)18(33)11(25)16(39-21-15(32)12(29)9(7-23)37-21)17-13(30)14(31)19(38-17)27-6-4-10(28)24-22(27)36/h20-21,27-32,37-47,49,51-52,63-66H,10-19,22-26,54H2,1-9H3,(H,68,69)(H,55,59,70);3-4,6,9,11-17,19,21,29-32H,5,7,23H2,1-2H3,(H,34,35)(H,24,28,36)/t28?,29?,30?,31?,32-,37-,38-,39?,40?,41?,42?,43?,44-,45?,46?,47?,49?,51?,52?;9?,11-,12?,13?,14?,15?,16-,17?,19?,21?/m00/s1. The highest BCUT2D eigenvalue weighted by atomic mass is 16.7. The van der Waals surface area contributed by atoms with Crippen molar-refractivity contribution in [1.82, 2.24) is 38.7 Å². The molecule has 0 saturated carbocycles. The molecule has 23 unspecified atom stereocenters. The van der Waals surface area contributed by atoms with Crippen molar-refractivity contribution in [3.63, 3.8) is 0 Å². The van der Waals surface area contributed by atoms with Crippen molar-refractivity contribution >= 4 is 41.7 Å². The Hall–Kier alpha value is -7.49. The van der Waals surface area contributed by atoms with Crippen LogP contribution in [0, 0.1) is 11.8 Å². The first-order valence-electron chi connectivity index (χ1n) is 39.7. The van der Waals surface area contributed by atoms with Crippen LogP contribution >= 0.6 is 0 Å². The Morgan fingerprint density at radius 2 is 1.00 bits per heavy atom. The molecule has 16 N–H and O–H groups in total. The first-order valence-corrected chi connectivity index (χ1v) is 39.7. The van der Waals surface area contributed by atoms with E-state index in [0.717, 1.165) is 89.0 Å². The minimum atomic E-state index is -1.97. The molecule has 0 radical (unpaired) electrons. The number of aliphatic hydroxyl groups excluding tert-OH is 8. The van der Waals surface area contributed by atoms with Crippen LogP contribution in [0.5, 0.6) is 0 Å². The van der Waals surface area contributed by atoms with E-state index in [1.807, 2.05) is 9.97 Å². The maximum atomic E-state index is 14.7. The summed E-state index contributed by atoms with van der Waals surface area (Å²) in [5.41, 5.74) is 7.55. The fourth-order valence-corrected chi connectivity index (χ4v) is 15.9. The highest BCUT2D eigenvalue weighted by Gasteiger charge is 2.59. The van der Waals surface area contributed by atoms with Crippen LogP contribution in [0.25, 0.3) is 0 Å². The van der Waals surface area contributed by atoms with E-state index in [1.165, 1.54) is 71.2 Å². The maximum Gasteiger partial charge on any atom is 0.352 e. The molecule has 7 aliphatic heterocycles. The highest BCUT2D eigenvalue weighted by molar-refractivity contribution is 5.95. The third kappa shape index (κ3) is 23.7. The maximum absolute atomic E-state index is 14.7. The van der Waals surface area contributed by atoms with Crippen LogP contribution in [-0.4, -0.2) is 366 Å². The number of ether oxygens (including phenoxy) is 13. The Bertz CT molecular complexity index is 3980. The summed E-state index contributed by atoms with van der Waals surface area (Å²) in [5.74, 6) is -7.09. The number of nitrogens with one attached hydrogen (secondary N) is 2. The molecular formula is C75H118N10O34. The molecule has 9 rings (SSSR count). The van der Waals surface area contributed by atoms with Crippen molar-refractivity contribution < 1.29 is 146 Å². The summed E-state index contributed by atoms with van der Waals surface area (Å²) >= 11 is 0. The summed E-state index contributed by atoms with van der Waals surface area (Å²) in [6.45, 7) is 6.76. The summed E-state index contributed by atoms with van der Waals surface area (Å²) in [6.07, 6.45) is -24.1. The lowest BCUT2D eigenvalue weighted by molar-refractivity contribution is -0.297. The second kappa shape index (κ2) is 44.0. The Kier molecular flexibility index (Phi) is 35.9. The van der Waals surface area contributed by atoms with Crippen LogP contribution < -0.4 is 34.0 Å². The van der Waals surface area contributed by atoms with E-state index < -0.39 is 255 Å². The number of hydrogen-bond donors (Lipinski definition) is 14. The first-order chi connectivity index (χ1) is 56.3. The van der Waals surface area contributed by atoms with Gasteiger partial charge in [0.15, 0.2) is 31.1 Å². The minimum absolute atomic E-state index is 0.0709. The Morgan fingerprint density at radius 1 is 0.538 bits per heavy atom. The number of aliphatic hydroxyl groups is 8. The van der Waals surface area contributed by atoms with Crippen molar-refractivity contribution in [2.24, 2.45) is 23.3 Å². The molecule has 44 nitrogen and oxygen atoms in total. The molecule has 0 spiro atoms. The molecule has 119 heavy (non-hydrogen) atoms. The number of aromatic amines is 2. The third-order valence-corrected chi connectivity index (χ3v) is 22.4. The Morgan fingerprint density at radius 3 is 1.45 bits per heavy atom. The predicted octanol–water partition coefficient (Wildman–Crippen LogP) is -5.62. The van der Waals surface area contributed by atoms with Gasteiger partial charge in [0.25, 0.3) is 11.1 Å². The average Bonchev–Trinajstić information content (AvgIpc) is 1.62. The Labute approximate surface area is 683 Å². The van der Waals surface area contributed by atoms with Crippen LogP contribution in [0.1, 0.15) is 124 Å². The zero-order valence-corrected chi connectivity index (χ0v) is 68.3. The molecule has 6 fully saturated rings. The molecule has 0 aliphatic carbocycles. The predicted molar refractivity (Wildman–Crippen MR) is 406 cm³/mol. The smallest absolute Gasteiger partial charge is 0.352 e. The molecule has 7 aliphatic rings. The molecule has 44 heteroatoms. The average molecular weight is 1700 g/mol. The number of unbranched alkanes of at least 4 members (excludes halogenated alkanes) is 7. The van der Waals surface area contributed by atoms with Crippen LogP contribution in [0.2, 0.25) is 0 Å². The van der Waals surface area contributed by atoms with E-state index in [4.69, 9.17) is 73.0 Å². The molecule has 9 heterocycles. The zero-order valence-electron chi connectivity index (χ0n) is 68.3. The quantitative estimate of drug-likeness (QED) is 0.0170. The normalized spacial score (nSPS) is 33.7. The number of esters is 3. The van der Waals surface area contributed by atoms with Crippen molar-refractivity contribution in [3.8, 4) is 0 Å². The number of carbonyl (C=O) groups is 7. The van der Waals surface area contributed by atoms with Gasteiger partial charge in [-0.15, -0.1) is 0 Å². The van der Waals surface area contributed by atoms with Gasteiger partial charge in [-0.1, -0.05) is 72.1 Å². The number of nitrogens with two attached hydrogens (primary N) is 2. The van der Waals surface area contributed by atoms with E-state index in [1.54, 1.807) is 13.8 Å². The molecule has 2 amide bonds. The van der Waals surface area contributed by atoms with Crippen molar-refractivity contribution in [2.75, 3.05) is 75.7 Å². The molecule has 672 valence electrons. The van der Waals surface area contributed by atoms with Gasteiger partial charge in [-0.05, 0) is 51.8 Å². The van der Waals surface area contributed by atoms with E-state index >= 15 is 0 Å². The number of methoxy groups -OCH3 is 3. The first kappa shape index (κ1) is 97.0. The van der Waals surface area contributed by atoms with Crippen LogP contribution in [0.3, 0.4) is 0 Å². The fourth-order valence-electron chi connectivity index (χ4n) is 15.9.